The summed E-state index contributed by atoms with van der Waals surface area (Å²) in [5.41, 5.74) is 4.30. The van der Waals surface area contributed by atoms with Crippen molar-refractivity contribution in [2.24, 2.45) is 4.99 Å². The quantitative estimate of drug-likeness (QED) is 0.0400. The van der Waals surface area contributed by atoms with Crippen LogP contribution in [0.1, 0.15) is 36.5 Å². The number of amides is 1. The second kappa shape index (κ2) is 21.5. The number of fused-ring (bicyclic) bond motifs is 3. The maximum atomic E-state index is 14.8. The van der Waals surface area contributed by atoms with Gasteiger partial charge in [0.1, 0.15) is 31.5 Å². The highest BCUT2D eigenvalue weighted by atomic mass is 35.6. The fourth-order valence-corrected chi connectivity index (χ4v) is 7.12. The first kappa shape index (κ1) is 47.4. The van der Waals surface area contributed by atoms with Gasteiger partial charge < -0.3 is 43.2 Å². The number of esters is 1. The molecule has 13 nitrogen and oxygen atoms in total. The summed E-state index contributed by atoms with van der Waals surface area (Å²) in [7, 11) is 0. The van der Waals surface area contributed by atoms with Crippen LogP contribution in [0.4, 0.5) is 28.4 Å². The Kier molecular flexibility index (Phi) is 16.2. The van der Waals surface area contributed by atoms with Crippen molar-refractivity contribution >= 4 is 64.6 Å². The minimum Gasteiger partial charge on any atom is -0.464 e. The third-order valence-electron chi connectivity index (χ3n) is 9.69. The van der Waals surface area contributed by atoms with E-state index in [1.54, 1.807) is 43.3 Å². The monoisotopic (exact) mass is 936 g/mol. The first-order chi connectivity index (χ1) is 30.1. The predicted octanol–water partition coefficient (Wildman–Crippen LogP) is 9.37. The lowest BCUT2D eigenvalue weighted by Crippen LogP contribution is -2.67. The molecule has 0 bridgehead atoms. The molecule has 0 aromatic heterocycles. The van der Waals surface area contributed by atoms with E-state index in [-0.39, 0.29) is 25.5 Å². The molecule has 2 aliphatic rings. The number of nitrogens with one attached hydrogen (secondary N) is 1. The molecule has 63 heavy (non-hydrogen) atoms. The Morgan fingerprint density at radius 1 is 0.778 bits per heavy atom. The Hall–Kier alpha value is -5.10. The van der Waals surface area contributed by atoms with Gasteiger partial charge in [0.2, 0.25) is 10.1 Å². The number of nitrogens with zero attached hydrogens (tertiary/aromatic N) is 1. The van der Waals surface area contributed by atoms with Crippen molar-refractivity contribution in [2.75, 3.05) is 26.4 Å². The van der Waals surface area contributed by atoms with Crippen molar-refractivity contribution < 1.29 is 65.4 Å². The van der Waals surface area contributed by atoms with Gasteiger partial charge in [0.25, 0.3) is 5.90 Å². The van der Waals surface area contributed by atoms with Crippen molar-refractivity contribution in [3.05, 3.63) is 126 Å². The minimum atomic E-state index is -5.23. The Bertz CT molecular complexity index is 2150. The standard InChI is InChI=1S/C44H42Cl3F3N2O11/c1-3-57-38(53)26(2)60-37-35(52-41(54)59-25-43(45,46)47)39(63-40(44(48,49)50)51-28-16-8-5-9-17-28)61-34(24-56-22-27-14-6-4-7-15-27)36(37)62-42(55)58-23-33-31-20-12-10-18-29(31)30-19-11-13-21-32(30)33/h4-21,26,33-37,39H,3,22-25H2,1-2H3,(H,52,54)/t26?,34-,35-,36-,37-,39?/m1/s1. The number of benzene rings is 4. The number of rotatable bonds is 15. The Labute approximate surface area is 375 Å². The molecule has 0 radical (unpaired) electrons. The molecular weight excluding hydrogens is 896 g/mol. The van der Waals surface area contributed by atoms with Gasteiger partial charge >= 0.3 is 24.4 Å². The first-order valence-corrected chi connectivity index (χ1v) is 20.7. The maximum absolute atomic E-state index is 14.8. The average molecular weight is 938 g/mol. The SMILES string of the molecule is CCOC(=O)C(C)O[C@H]1[C@H](OC(=O)OCC2c3ccccc3-c3ccccc32)[C@@H](COCc2ccccc2)OC(OC(=Nc2ccccc2)C(F)(F)F)[C@@H]1NC(=O)OCC(Cl)(Cl)Cl. The van der Waals surface area contributed by atoms with Crippen molar-refractivity contribution in [3.63, 3.8) is 0 Å². The third kappa shape index (κ3) is 13.0. The van der Waals surface area contributed by atoms with Crippen molar-refractivity contribution in [1.82, 2.24) is 5.32 Å². The highest BCUT2D eigenvalue weighted by Gasteiger charge is 2.54. The molecule has 1 N–H and O–H groups in total. The van der Waals surface area contributed by atoms with Crippen LogP contribution in [0, 0.1) is 0 Å². The lowest BCUT2D eigenvalue weighted by Gasteiger charge is -2.45. The van der Waals surface area contributed by atoms with Gasteiger partial charge in [-0.1, -0.05) is 132 Å². The summed E-state index contributed by atoms with van der Waals surface area (Å²) in [6, 6.07) is 29.3. The smallest absolute Gasteiger partial charge is 0.464 e. The molecular formula is C44H42Cl3F3N2O11. The molecule has 1 amide bonds. The van der Waals surface area contributed by atoms with Crippen LogP contribution < -0.4 is 5.32 Å². The van der Waals surface area contributed by atoms with Gasteiger partial charge in [-0.15, -0.1) is 0 Å². The van der Waals surface area contributed by atoms with E-state index in [0.29, 0.717) is 5.56 Å². The van der Waals surface area contributed by atoms with Crippen LogP contribution in [-0.4, -0.2) is 97.3 Å². The number of hydrogen-bond acceptors (Lipinski definition) is 12. The zero-order chi connectivity index (χ0) is 45.1. The summed E-state index contributed by atoms with van der Waals surface area (Å²) in [4.78, 5) is 44.0. The molecule has 19 heteroatoms. The van der Waals surface area contributed by atoms with Gasteiger partial charge in [-0.25, -0.2) is 19.4 Å². The van der Waals surface area contributed by atoms with E-state index in [1.165, 1.54) is 31.2 Å². The van der Waals surface area contributed by atoms with Crippen LogP contribution in [0.2, 0.25) is 0 Å². The van der Waals surface area contributed by atoms with E-state index in [0.717, 1.165) is 22.3 Å². The van der Waals surface area contributed by atoms with Gasteiger partial charge in [-0.05, 0) is 53.8 Å². The zero-order valence-electron chi connectivity index (χ0n) is 33.7. The van der Waals surface area contributed by atoms with Crippen LogP contribution in [0.15, 0.2) is 114 Å². The molecule has 6 rings (SSSR count). The fourth-order valence-electron chi connectivity index (χ4n) is 6.96. The van der Waals surface area contributed by atoms with E-state index >= 15 is 0 Å². The number of carbonyl (C=O) groups is 3. The summed E-state index contributed by atoms with van der Waals surface area (Å²) < 4.78 is 87.8. The van der Waals surface area contributed by atoms with Crippen LogP contribution >= 0.6 is 34.8 Å². The molecule has 1 aliphatic carbocycles. The molecule has 1 aliphatic heterocycles. The Balaban J connectivity index is 1.37. The number of ether oxygens (including phenoxy) is 8. The highest BCUT2D eigenvalue weighted by molar-refractivity contribution is 6.67. The summed E-state index contributed by atoms with van der Waals surface area (Å²) in [5.74, 6) is -3.09. The summed E-state index contributed by atoms with van der Waals surface area (Å²) in [6.07, 6.45) is -16.5. The van der Waals surface area contributed by atoms with E-state index < -0.39 is 90.0 Å². The van der Waals surface area contributed by atoms with Gasteiger partial charge in [-0.3, -0.25) is 0 Å². The molecule has 6 atom stereocenters. The molecule has 0 spiro atoms. The van der Waals surface area contributed by atoms with Gasteiger partial charge in [0.05, 0.1) is 25.5 Å². The largest absolute Gasteiger partial charge is 0.508 e. The Morgan fingerprint density at radius 2 is 1.38 bits per heavy atom. The predicted molar refractivity (Wildman–Crippen MR) is 225 cm³/mol. The van der Waals surface area contributed by atoms with Crippen LogP contribution in [0.3, 0.4) is 0 Å². The van der Waals surface area contributed by atoms with Crippen molar-refractivity contribution in [3.8, 4) is 11.1 Å². The number of alkyl carbamates (subject to hydrolysis) is 1. The molecule has 336 valence electrons. The lowest BCUT2D eigenvalue weighted by molar-refractivity contribution is -0.271. The molecule has 0 saturated carbocycles. The number of alkyl halides is 6. The molecule has 4 aromatic rings. The molecule has 2 unspecified atom stereocenters. The number of aliphatic imine (C=N–C) groups is 1. The molecule has 1 saturated heterocycles. The summed E-state index contributed by atoms with van der Waals surface area (Å²) in [5, 5.41) is 2.33. The number of halogens is 6. The molecule has 4 aromatic carbocycles. The first-order valence-electron chi connectivity index (χ1n) is 19.6. The topological polar surface area (TPSA) is 149 Å². The minimum absolute atomic E-state index is 0.0249. The van der Waals surface area contributed by atoms with E-state index in [4.69, 9.17) is 72.7 Å². The number of carbonyl (C=O) groups excluding carboxylic acids is 3. The third-order valence-corrected chi connectivity index (χ3v) is 10.0. The van der Waals surface area contributed by atoms with Crippen LogP contribution in [-0.2, 0) is 49.3 Å². The summed E-state index contributed by atoms with van der Waals surface area (Å²) in [6.45, 7) is 1.26. The average Bonchev–Trinajstić information content (AvgIpc) is 3.57. The number of para-hydroxylation sites is 1. The van der Waals surface area contributed by atoms with Gasteiger partial charge in [0, 0.05) is 5.92 Å². The molecule has 1 heterocycles. The van der Waals surface area contributed by atoms with Crippen molar-refractivity contribution in [2.45, 2.75) is 73.1 Å². The molecule has 1 fully saturated rings. The normalized spacial score (nSPS) is 20.4. The lowest BCUT2D eigenvalue weighted by atomic mass is 9.96. The van der Waals surface area contributed by atoms with Gasteiger partial charge in [-0.2, -0.15) is 13.2 Å². The van der Waals surface area contributed by atoms with Crippen LogP contribution in [0.5, 0.6) is 0 Å². The summed E-state index contributed by atoms with van der Waals surface area (Å²) >= 11 is 17.4. The second-order valence-electron chi connectivity index (χ2n) is 14.1. The van der Waals surface area contributed by atoms with E-state index in [1.807, 2.05) is 48.5 Å². The highest BCUT2D eigenvalue weighted by Crippen LogP contribution is 2.44. The number of hydrogen-bond donors (Lipinski definition) is 1. The van der Waals surface area contributed by atoms with Gasteiger partial charge in [0.15, 0.2) is 12.2 Å². The second-order valence-corrected chi connectivity index (χ2v) is 16.7. The van der Waals surface area contributed by atoms with E-state index in [9.17, 15) is 27.6 Å². The van der Waals surface area contributed by atoms with E-state index in [2.05, 4.69) is 10.3 Å². The Morgan fingerprint density at radius 3 is 1.98 bits per heavy atom. The van der Waals surface area contributed by atoms with Crippen LogP contribution in [0.25, 0.3) is 11.1 Å². The zero-order valence-corrected chi connectivity index (χ0v) is 35.9. The van der Waals surface area contributed by atoms with Crippen molar-refractivity contribution in [1.29, 1.82) is 0 Å². The fraction of sp³-hybridized carbons (Fsp3) is 0.364. The maximum Gasteiger partial charge on any atom is 0.508 e.